The SMILES string of the molecule is CC(N)Cc1cn(CCOC(C)C)c2ccccc12. The number of rotatable bonds is 6. The maximum absolute atomic E-state index is 5.93. The van der Waals surface area contributed by atoms with Gasteiger partial charge in [-0.3, -0.25) is 0 Å². The van der Waals surface area contributed by atoms with Crippen LogP contribution in [-0.2, 0) is 17.7 Å². The van der Waals surface area contributed by atoms with Crippen molar-refractivity contribution in [2.75, 3.05) is 6.61 Å². The molecule has 0 radical (unpaired) electrons. The largest absolute Gasteiger partial charge is 0.377 e. The molecule has 2 rings (SSSR count). The topological polar surface area (TPSA) is 40.2 Å². The van der Waals surface area contributed by atoms with Crippen LogP contribution >= 0.6 is 0 Å². The third kappa shape index (κ3) is 3.58. The number of hydrogen-bond donors (Lipinski definition) is 1. The number of hydrogen-bond acceptors (Lipinski definition) is 2. The van der Waals surface area contributed by atoms with Gasteiger partial charge in [0, 0.05) is 29.7 Å². The third-order valence-electron chi connectivity index (χ3n) is 3.20. The van der Waals surface area contributed by atoms with E-state index in [0.29, 0.717) is 0 Å². The monoisotopic (exact) mass is 260 g/mol. The average molecular weight is 260 g/mol. The third-order valence-corrected chi connectivity index (χ3v) is 3.20. The van der Waals surface area contributed by atoms with Crippen LogP contribution in [0.1, 0.15) is 26.3 Å². The van der Waals surface area contributed by atoms with Crippen LogP contribution < -0.4 is 5.73 Å². The summed E-state index contributed by atoms with van der Waals surface area (Å²) < 4.78 is 7.91. The van der Waals surface area contributed by atoms with Crippen molar-refractivity contribution in [2.45, 2.75) is 45.9 Å². The van der Waals surface area contributed by atoms with E-state index in [4.69, 9.17) is 10.5 Å². The summed E-state index contributed by atoms with van der Waals surface area (Å²) in [5, 5.41) is 1.31. The van der Waals surface area contributed by atoms with Crippen LogP contribution in [0.3, 0.4) is 0 Å². The van der Waals surface area contributed by atoms with Crippen LogP contribution in [0.5, 0.6) is 0 Å². The maximum Gasteiger partial charge on any atom is 0.0649 e. The lowest BCUT2D eigenvalue weighted by Crippen LogP contribution is -2.17. The molecule has 1 aromatic heterocycles. The Labute approximate surface area is 115 Å². The Balaban J connectivity index is 2.23. The molecule has 2 aromatic rings. The quantitative estimate of drug-likeness (QED) is 0.867. The first-order chi connectivity index (χ1) is 9.08. The van der Waals surface area contributed by atoms with Gasteiger partial charge in [0.15, 0.2) is 0 Å². The Morgan fingerprint density at radius 3 is 2.63 bits per heavy atom. The number of nitrogens with zero attached hydrogens (tertiary/aromatic N) is 1. The summed E-state index contributed by atoms with van der Waals surface area (Å²) in [6, 6.07) is 8.69. The van der Waals surface area contributed by atoms with Crippen LogP contribution in [0.2, 0.25) is 0 Å². The summed E-state index contributed by atoms with van der Waals surface area (Å²) in [6.45, 7) is 7.81. The first-order valence-corrected chi connectivity index (χ1v) is 7.02. The molecule has 0 spiro atoms. The van der Waals surface area contributed by atoms with Gasteiger partial charge in [0.25, 0.3) is 0 Å². The van der Waals surface area contributed by atoms with Gasteiger partial charge >= 0.3 is 0 Å². The second kappa shape index (κ2) is 6.22. The summed E-state index contributed by atoms with van der Waals surface area (Å²) in [6.07, 6.45) is 3.42. The second-order valence-corrected chi connectivity index (χ2v) is 5.47. The van der Waals surface area contributed by atoms with Gasteiger partial charge in [-0.2, -0.15) is 0 Å². The lowest BCUT2D eigenvalue weighted by Gasteiger charge is -2.09. The molecule has 1 aromatic carbocycles. The minimum Gasteiger partial charge on any atom is -0.377 e. The molecule has 0 aliphatic carbocycles. The molecule has 0 aliphatic heterocycles. The molecule has 0 saturated carbocycles. The molecule has 0 fully saturated rings. The predicted octanol–water partition coefficient (Wildman–Crippen LogP) is 2.96. The molecule has 0 aliphatic rings. The van der Waals surface area contributed by atoms with Gasteiger partial charge in [-0.1, -0.05) is 18.2 Å². The normalized spacial score (nSPS) is 13.3. The first-order valence-electron chi connectivity index (χ1n) is 7.02. The van der Waals surface area contributed by atoms with Crippen molar-refractivity contribution in [1.82, 2.24) is 4.57 Å². The highest BCUT2D eigenvalue weighted by Crippen LogP contribution is 2.22. The van der Waals surface area contributed by atoms with E-state index in [9.17, 15) is 0 Å². The van der Waals surface area contributed by atoms with E-state index in [1.54, 1.807) is 0 Å². The molecule has 1 heterocycles. The summed E-state index contributed by atoms with van der Waals surface area (Å²) >= 11 is 0. The van der Waals surface area contributed by atoms with Crippen molar-refractivity contribution in [1.29, 1.82) is 0 Å². The molecular formula is C16H24N2O. The minimum absolute atomic E-state index is 0.186. The van der Waals surface area contributed by atoms with Crippen molar-refractivity contribution >= 4 is 10.9 Å². The zero-order valence-corrected chi connectivity index (χ0v) is 12.1. The number of nitrogens with two attached hydrogens (primary N) is 1. The van der Waals surface area contributed by atoms with Gasteiger partial charge in [-0.05, 0) is 38.8 Å². The minimum atomic E-state index is 0.186. The van der Waals surface area contributed by atoms with Gasteiger partial charge < -0.3 is 15.0 Å². The molecule has 3 heteroatoms. The summed E-state index contributed by atoms with van der Waals surface area (Å²) in [7, 11) is 0. The van der Waals surface area contributed by atoms with E-state index in [2.05, 4.69) is 48.9 Å². The van der Waals surface area contributed by atoms with E-state index in [1.807, 2.05) is 6.92 Å². The van der Waals surface area contributed by atoms with Crippen LogP contribution in [0, 0.1) is 0 Å². The van der Waals surface area contributed by atoms with Crippen molar-refractivity contribution < 1.29 is 4.74 Å². The smallest absolute Gasteiger partial charge is 0.0649 e. The Hall–Kier alpha value is -1.32. The second-order valence-electron chi connectivity index (χ2n) is 5.47. The first kappa shape index (κ1) is 14.1. The molecule has 0 bridgehead atoms. The fourth-order valence-electron chi connectivity index (χ4n) is 2.40. The van der Waals surface area contributed by atoms with Crippen LogP contribution in [0.25, 0.3) is 10.9 Å². The van der Waals surface area contributed by atoms with Gasteiger partial charge in [-0.15, -0.1) is 0 Å². The predicted molar refractivity (Wildman–Crippen MR) is 80.4 cm³/mol. The highest BCUT2D eigenvalue weighted by atomic mass is 16.5. The van der Waals surface area contributed by atoms with Crippen molar-refractivity contribution in [3.63, 3.8) is 0 Å². The Bertz CT molecular complexity index is 529. The van der Waals surface area contributed by atoms with Gasteiger partial charge in [0.2, 0.25) is 0 Å². The number of aromatic nitrogens is 1. The lowest BCUT2D eigenvalue weighted by atomic mass is 10.1. The lowest BCUT2D eigenvalue weighted by molar-refractivity contribution is 0.0733. The van der Waals surface area contributed by atoms with Crippen LogP contribution in [0.15, 0.2) is 30.5 Å². The highest BCUT2D eigenvalue weighted by Gasteiger charge is 2.09. The Morgan fingerprint density at radius 1 is 1.21 bits per heavy atom. The molecule has 0 amide bonds. The summed E-state index contributed by atoms with van der Waals surface area (Å²) in [5.74, 6) is 0. The van der Waals surface area contributed by atoms with E-state index >= 15 is 0 Å². The average Bonchev–Trinajstić information content (AvgIpc) is 2.67. The molecule has 104 valence electrons. The zero-order valence-electron chi connectivity index (χ0n) is 12.1. The highest BCUT2D eigenvalue weighted by molar-refractivity contribution is 5.84. The summed E-state index contributed by atoms with van der Waals surface area (Å²) in [5.41, 5.74) is 8.53. The van der Waals surface area contributed by atoms with Gasteiger partial charge in [-0.25, -0.2) is 0 Å². The van der Waals surface area contributed by atoms with E-state index in [1.165, 1.54) is 16.5 Å². The van der Waals surface area contributed by atoms with E-state index in [-0.39, 0.29) is 12.1 Å². The maximum atomic E-state index is 5.93. The number of fused-ring (bicyclic) bond motifs is 1. The number of ether oxygens (including phenoxy) is 1. The van der Waals surface area contributed by atoms with E-state index in [0.717, 1.165) is 19.6 Å². The fraction of sp³-hybridized carbons (Fsp3) is 0.500. The number of benzene rings is 1. The van der Waals surface area contributed by atoms with Crippen LogP contribution in [-0.4, -0.2) is 23.3 Å². The molecule has 3 nitrogen and oxygen atoms in total. The Kier molecular flexibility index (Phi) is 4.61. The molecule has 1 atom stereocenters. The van der Waals surface area contributed by atoms with Crippen molar-refractivity contribution in [3.8, 4) is 0 Å². The zero-order chi connectivity index (χ0) is 13.8. The Morgan fingerprint density at radius 2 is 1.95 bits per heavy atom. The fourth-order valence-corrected chi connectivity index (χ4v) is 2.40. The molecule has 2 N–H and O–H groups in total. The van der Waals surface area contributed by atoms with E-state index < -0.39 is 0 Å². The molecule has 1 unspecified atom stereocenters. The van der Waals surface area contributed by atoms with Crippen LogP contribution in [0.4, 0.5) is 0 Å². The summed E-state index contributed by atoms with van der Waals surface area (Å²) in [4.78, 5) is 0. The van der Waals surface area contributed by atoms with Gasteiger partial charge in [0.1, 0.15) is 0 Å². The molecular weight excluding hydrogens is 236 g/mol. The van der Waals surface area contributed by atoms with Crippen molar-refractivity contribution in [3.05, 3.63) is 36.0 Å². The van der Waals surface area contributed by atoms with Gasteiger partial charge in [0.05, 0.1) is 12.7 Å². The van der Waals surface area contributed by atoms with Crippen molar-refractivity contribution in [2.24, 2.45) is 5.73 Å². The standard InChI is InChI=1S/C16H24N2O/c1-12(2)19-9-8-18-11-14(10-13(3)17)15-6-4-5-7-16(15)18/h4-7,11-13H,8-10,17H2,1-3H3. The molecule has 0 saturated heterocycles. The molecule has 19 heavy (non-hydrogen) atoms. The number of para-hydroxylation sites is 1.